The highest BCUT2D eigenvalue weighted by Crippen LogP contribution is 2.27. The Bertz CT molecular complexity index is 1690. The molecule has 2 aromatic carbocycles. The average molecular weight is 573 g/mol. The van der Waals surface area contributed by atoms with Crippen LogP contribution in [0.2, 0.25) is 0 Å². The van der Waals surface area contributed by atoms with Crippen LogP contribution in [0.15, 0.2) is 51.7 Å². The van der Waals surface area contributed by atoms with Crippen LogP contribution in [-0.2, 0) is 18.3 Å². The highest BCUT2D eigenvalue weighted by atomic mass is 16.4. The van der Waals surface area contributed by atoms with Gasteiger partial charge >= 0.3 is 5.76 Å². The molecule has 11 nitrogen and oxygen atoms in total. The van der Waals surface area contributed by atoms with E-state index in [1.807, 2.05) is 24.9 Å². The first-order valence-electron chi connectivity index (χ1n) is 14.0. The number of phenols is 1. The number of carbonyl (C=O) groups is 2. The van der Waals surface area contributed by atoms with Crippen molar-refractivity contribution in [2.45, 2.75) is 32.2 Å². The van der Waals surface area contributed by atoms with Crippen molar-refractivity contribution in [3.63, 3.8) is 0 Å². The molecule has 0 saturated carbocycles. The summed E-state index contributed by atoms with van der Waals surface area (Å²) in [6.45, 7) is 3.75. The molecular weight excluding hydrogens is 536 g/mol. The molecule has 1 aliphatic rings. The van der Waals surface area contributed by atoms with E-state index in [4.69, 9.17) is 9.40 Å². The van der Waals surface area contributed by atoms with E-state index < -0.39 is 5.76 Å². The van der Waals surface area contributed by atoms with Crippen LogP contribution in [0.4, 0.5) is 17.3 Å². The maximum absolute atomic E-state index is 13.6. The normalized spacial score (nSPS) is 13.8. The number of amides is 1. The number of hydrogen-bond donors (Lipinski definition) is 3. The third kappa shape index (κ3) is 5.67. The molecule has 42 heavy (non-hydrogen) atoms. The van der Waals surface area contributed by atoms with Crippen molar-refractivity contribution in [2.75, 3.05) is 49.3 Å². The van der Waals surface area contributed by atoms with Crippen LogP contribution in [0.1, 0.15) is 39.9 Å². The lowest BCUT2D eigenvalue weighted by Gasteiger charge is -2.37. The summed E-state index contributed by atoms with van der Waals surface area (Å²) < 4.78 is 6.78. The van der Waals surface area contributed by atoms with E-state index in [0.29, 0.717) is 59.9 Å². The van der Waals surface area contributed by atoms with Gasteiger partial charge in [0.2, 0.25) is 6.41 Å². The number of benzene rings is 2. The molecule has 3 N–H and O–H groups in total. The van der Waals surface area contributed by atoms with Gasteiger partial charge in [0.1, 0.15) is 17.4 Å². The number of hydrogen-bond acceptors (Lipinski definition) is 9. The molecule has 0 atom stereocenters. The minimum Gasteiger partial charge on any atom is -0.508 e. The standard InChI is InChI=1S/C31H36N6O5/c1-19-13-21(15-26-29(19)35(4)31(41)42-26)30(40)22-16-27(33-3)34-28(17-22)36-11-8-23(9-12-36)37(18-38)10-7-20-14-24(39)5-6-25(20)32-2/h5-6,13-18,23,32,39H,7-12H2,1-4H3,(H,33,34). The molecule has 1 saturated heterocycles. The quantitative estimate of drug-likeness (QED) is 0.148. The molecule has 0 unspecified atom stereocenters. The van der Waals surface area contributed by atoms with Crippen molar-refractivity contribution >= 4 is 40.6 Å². The number of phenolic OH excluding ortho intramolecular Hbond substituents is 1. The van der Waals surface area contributed by atoms with Crippen LogP contribution in [0, 0.1) is 6.92 Å². The first kappa shape index (κ1) is 28.7. The van der Waals surface area contributed by atoms with E-state index in [1.165, 1.54) is 4.57 Å². The molecule has 220 valence electrons. The van der Waals surface area contributed by atoms with Gasteiger partial charge in [-0.25, -0.2) is 9.78 Å². The van der Waals surface area contributed by atoms with E-state index in [1.54, 1.807) is 50.5 Å². The van der Waals surface area contributed by atoms with Crippen molar-refractivity contribution in [1.82, 2.24) is 14.5 Å². The number of rotatable bonds is 10. The number of fused-ring (bicyclic) bond motifs is 1. The fourth-order valence-corrected chi connectivity index (χ4v) is 5.77. The molecule has 1 aliphatic heterocycles. The summed E-state index contributed by atoms with van der Waals surface area (Å²) in [7, 11) is 5.24. The summed E-state index contributed by atoms with van der Waals surface area (Å²) >= 11 is 0. The molecule has 11 heteroatoms. The molecule has 1 amide bonds. The summed E-state index contributed by atoms with van der Waals surface area (Å²) in [4.78, 5) is 46.3. The van der Waals surface area contributed by atoms with Crippen molar-refractivity contribution in [1.29, 1.82) is 0 Å². The monoisotopic (exact) mass is 572 g/mol. The highest BCUT2D eigenvalue weighted by molar-refractivity contribution is 6.11. The predicted molar refractivity (Wildman–Crippen MR) is 163 cm³/mol. The van der Waals surface area contributed by atoms with Crippen molar-refractivity contribution < 1.29 is 19.1 Å². The number of piperidine rings is 1. The molecular formula is C31H36N6O5. The van der Waals surface area contributed by atoms with E-state index in [0.717, 1.165) is 36.1 Å². The fourth-order valence-electron chi connectivity index (χ4n) is 5.77. The van der Waals surface area contributed by atoms with Gasteiger partial charge < -0.3 is 30.0 Å². The van der Waals surface area contributed by atoms with Crippen molar-refractivity contribution in [3.8, 4) is 5.75 Å². The first-order chi connectivity index (χ1) is 20.2. The van der Waals surface area contributed by atoms with Crippen LogP contribution in [0.5, 0.6) is 5.75 Å². The Hall–Kier alpha value is -4.80. The Morgan fingerprint density at radius 2 is 1.86 bits per heavy atom. The van der Waals surface area contributed by atoms with E-state index in [2.05, 4.69) is 15.5 Å². The first-order valence-corrected chi connectivity index (χ1v) is 14.0. The zero-order valence-corrected chi connectivity index (χ0v) is 24.3. The lowest BCUT2D eigenvalue weighted by Crippen LogP contribution is -2.45. The lowest BCUT2D eigenvalue weighted by molar-refractivity contribution is -0.120. The molecule has 0 spiro atoms. The minimum atomic E-state index is -0.472. The SMILES string of the molecule is CNc1cc(C(=O)c2cc(C)c3c(c2)oc(=O)n3C)cc(N2CCC(N(C=O)CCc3cc(O)ccc3NC)CC2)n1. The molecule has 0 aliphatic carbocycles. The predicted octanol–water partition coefficient (Wildman–Crippen LogP) is 3.52. The average Bonchev–Trinajstić information content (AvgIpc) is 3.30. The number of aromatic nitrogens is 2. The highest BCUT2D eigenvalue weighted by Gasteiger charge is 2.26. The number of carbonyl (C=O) groups excluding carboxylic acids is 2. The molecule has 1 fully saturated rings. The summed E-state index contributed by atoms with van der Waals surface area (Å²) in [6, 6.07) is 12.2. The second kappa shape index (κ2) is 12.0. The van der Waals surface area contributed by atoms with Gasteiger partial charge in [-0.1, -0.05) is 0 Å². The minimum absolute atomic E-state index is 0.0814. The number of pyridine rings is 1. The molecule has 3 heterocycles. The smallest absolute Gasteiger partial charge is 0.419 e. The lowest BCUT2D eigenvalue weighted by atomic mass is 10.00. The van der Waals surface area contributed by atoms with Gasteiger partial charge in [0.25, 0.3) is 0 Å². The largest absolute Gasteiger partial charge is 0.508 e. The molecule has 5 rings (SSSR count). The van der Waals surface area contributed by atoms with Crippen molar-refractivity contribution in [2.24, 2.45) is 7.05 Å². The molecule has 0 radical (unpaired) electrons. The van der Waals surface area contributed by atoms with Gasteiger partial charge in [-0.2, -0.15) is 0 Å². The summed E-state index contributed by atoms with van der Waals surface area (Å²) in [5, 5.41) is 16.1. The Morgan fingerprint density at radius 3 is 2.55 bits per heavy atom. The zero-order chi connectivity index (χ0) is 30.0. The van der Waals surface area contributed by atoms with E-state index >= 15 is 0 Å². The summed E-state index contributed by atoms with van der Waals surface area (Å²) in [6.07, 6.45) is 3.05. The van der Waals surface area contributed by atoms with E-state index in [-0.39, 0.29) is 17.6 Å². The third-order valence-electron chi connectivity index (χ3n) is 8.05. The summed E-state index contributed by atoms with van der Waals surface area (Å²) in [5.41, 5.74) is 4.61. The number of ketones is 1. The van der Waals surface area contributed by atoms with Crippen LogP contribution < -0.4 is 21.3 Å². The molecule has 0 bridgehead atoms. The summed E-state index contributed by atoms with van der Waals surface area (Å²) in [5.74, 6) is 0.791. The van der Waals surface area contributed by atoms with Crippen LogP contribution >= 0.6 is 0 Å². The molecule has 4 aromatic rings. The van der Waals surface area contributed by atoms with Gasteiger partial charge in [0.05, 0.1) is 5.52 Å². The second-order valence-corrected chi connectivity index (χ2v) is 10.6. The van der Waals surface area contributed by atoms with Gasteiger partial charge in [0, 0.05) is 63.6 Å². The van der Waals surface area contributed by atoms with E-state index in [9.17, 15) is 19.5 Å². The van der Waals surface area contributed by atoms with Gasteiger partial charge in [-0.05, 0) is 79.8 Å². The fraction of sp³-hybridized carbons (Fsp3) is 0.355. The number of nitrogens with zero attached hydrogens (tertiary/aromatic N) is 4. The van der Waals surface area contributed by atoms with Crippen LogP contribution in [0.3, 0.4) is 0 Å². The maximum atomic E-state index is 13.6. The number of aromatic hydroxyl groups is 1. The Kier molecular flexibility index (Phi) is 8.19. The number of anilines is 3. The second-order valence-electron chi connectivity index (χ2n) is 10.6. The number of nitrogens with one attached hydrogen (secondary N) is 2. The third-order valence-corrected chi connectivity index (χ3v) is 8.05. The van der Waals surface area contributed by atoms with Crippen LogP contribution in [0.25, 0.3) is 11.1 Å². The van der Waals surface area contributed by atoms with Crippen molar-refractivity contribution in [3.05, 3.63) is 75.3 Å². The van der Waals surface area contributed by atoms with Gasteiger partial charge in [-0.15, -0.1) is 0 Å². The number of oxazole rings is 1. The van der Waals surface area contributed by atoms with Crippen LogP contribution in [-0.4, -0.2) is 71.5 Å². The number of aryl methyl sites for hydroxylation is 2. The van der Waals surface area contributed by atoms with Gasteiger partial charge in [-0.3, -0.25) is 14.2 Å². The maximum Gasteiger partial charge on any atom is 0.419 e. The Morgan fingerprint density at radius 1 is 1.12 bits per heavy atom. The van der Waals surface area contributed by atoms with Gasteiger partial charge in [0.15, 0.2) is 11.4 Å². The Balaban J connectivity index is 1.30. The topological polar surface area (TPSA) is 133 Å². The molecule has 2 aromatic heterocycles. The zero-order valence-electron chi connectivity index (χ0n) is 24.3. The Labute approximate surface area is 243 Å².